The van der Waals surface area contributed by atoms with Gasteiger partial charge in [0.2, 0.25) is 0 Å². The van der Waals surface area contributed by atoms with Crippen LogP contribution in [0.4, 0.5) is 0 Å². The van der Waals surface area contributed by atoms with Gasteiger partial charge in [-0.25, -0.2) is 0 Å². The summed E-state index contributed by atoms with van der Waals surface area (Å²) in [6, 6.07) is 8.45. The number of hydrogen-bond donors (Lipinski definition) is 0. The topological polar surface area (TPSA) is 64.8 Å². The van der Waals surface area contributed by atoms with Gasteiger partial charge in [0, 0.05) is 24.6 Å². The number of nitrogens with zero attached hydrogens (tertiary/aromatic N) is 2. The van der Waals surface area contributed by atoms with E-state index >= 15 is 0 Å². The third-order valence-corrected chi connectivity index (χ3v) is 6.61. The molecule has 2 atom stereocenters. The molecule has 0 spiro atoms. The highest BCUT2D eigenvalue weighted by Gasteiger charge is 2.23. The number of benzene rings is 1. The highest BCUT2D eigenvalue weighted by Crippen LogP contribution is 2.30. The highest BCUT2D eigenvalue weighted by molar-refractivity contribution is 5.65. The molecule has 4 rings (SSSR count). The van der Waals surface area contributed by atoms with Gasteiger partial charge in [-0.05, 0) is 62.8 Å². The molecule has 2 saturated carbocycles. The Morgan fingerprint density at radius 1 is 1.19 bits per heavy atom. The lowest BCUT2D eigenvalue weighted by Crippen LogP contribution is -2.29. The second kappa shape index (κ2) is 10.0. The number of aromatic nitrogens is 1. The summed E-state index contributed by atoms with van der Waals surface area (Å²) in [6.45, 7) is 4.37. The largest absolute Gasteiger partial charge is 0.490 e. The van der Waals surface area contributed by atoms with Crippen molar-refractivity contribution in [2.24, 2.45) is 5.92 Å². The van der Waals surface area contributed by atoms with Crippen molar-refractivity contribution >= 4 is 6.29 Å². The van der Waals surface area contributed by atoms with Gasteiger partial charge >= 0.3 is 0 Å². The van der Waals surface area contributed by atoms with Gasteiger partial charge in [0.25, 0.3) is 0 Å². The van der Waals surface area contributed by atoms with Crippen LogP contribution in [-0.2, 0) is 16.1 Å². The Bertz CT molecular complexity index is 870. The van der Waals surface area contributed by atoms with Gasteiger partial charge in [-0.15, -0.1) is 0 Å². The lowest BCUT2D eigenvalue weighted by molar-refractivity contribution is -0.112. The molecule has 6 heteroatoms. The molecule has 6 nitrogen and oxygen atoms in total. The average molecular weight is 425 g/mol. The number of rotatable bonds is 9. The van der Waals surface area contributed by atoms with E-state index in [4.69, 9.17) is 14.0 Å². The molecular weight excluding hydrogens is 392 g/mol. The Morgan fingerprint density at radius 3 is 2.71 bits per heavy atom. The minimum absolute atomic E-state index is 0.109. The first kappa shape index (κ1) is 21.5. The van der Waals surface area contributed by atoms with Crippen molar-refractivity contribution in [3.63, 3.8) is 0 Å². The smallest absolute Gasteiger partial charge is 0.182 e. The normalized spacial score (nSPS) is 21.6. The molecule has 2 fully saturated rings. The van der Waals surface area contributed by atoms with E-state index in [-0.39, 0.29) is 12.0 Å². The van der Waals surface area contributed by atoms with E-state index in [0.717, 1.165) is 48.8 Å². The second-order valence-electron chi connectivity index (χ2n) is 8.72. The number of hydrogen-bond acceptors (Lipinski definition) is 6. The molecule has 2 aromatic rings. The van der Waals surface area contributed by atoms with E-state index in [1.54, 1.807) is 6.20 Å². The van der Waals surface area contributed by atoms with E-state index in [1.165, 1.54) is 25.7 Å². The summed E-state index contributed by atoms with van der Waals surface area (Å²) >= 11 is 0. The fraction of sp³-hybridized carbons (Fsp3) is 0.520. The van der Waals surface area contributed by atoms with Crippen LogP contribution in [0.25, 0.3) is 11.1 Å². The Hall–Kier alpha value is -2.76. The van der Waals surface area contributed by atoms with Crippen LogP contribution in [0.3, 0.4) is 0 Å². The van der Waals surface area contributed by atoms with Crippen LogP contribution in [0.5, 0.6) is 5.75 Å². The molecule has 0 N–H and O–H groups in total. The predicted octanol–water partition coefficient (Wildman–Crippen LogP) is 5.34. The minimum Gasteiger partial charge on any atom is -0.490 e. The van der Waals surface area contributed by atoms with Crippen molar-refractivity contribution in [1.29, 1.82) is 0 Å². The lowest BCUT2D eigenvalue weighted by atomic mass is 9.88. The van der Waals surface area contributed by atoms with Crippen LogP contribution in [0.1, 0.15) is 57.1 Å². The van der Waals surface area contributed by atoms with Crippen LogP contribution in [0.15, 0.2) is 47.4 Å². The fourth-order valence-electron chi connectivity index (χ4n) is 4.67. The SMILES string of the molecule is C=C(OCc1oncc1-c1ccc(OC2CCC[C@H](C=O)C2)cc1)N(C)C1CCCC1. The molecule has 1 aromatic heterocycles. The second-order valence-corrected chi connectivity index (χ2v) is 8.72. The molecule has 1 heterocycles. The van der Waals surface area contributed by atoms with Gasteiger partial charge in [-0.2, -0.15) is 0 Å². The molecule has 0 aliphatic heterocycles. The van der Waals surface area contributed by atoms with Gasteiger partial charge < -0.3 is 23.7 Å². The van der Waals surface area contributed by atoms with E-state index in [0.29, 0.717) is 24.3 Å². The van der Waals surface area contributed by atoms with Gasteiger partial charge in [0.15, 0.2) is 18.3 Å². The molecule has 0 amide bonds. The van der Waals surface area contributed by atoms with Crippen LogP contribution in [0, 0.1) is 5.92 Å². The number of carbonyl (C=O) groups is 1. The third kappa shape index (κ3) is 5.30. The summed E-state index contributed by atoms with van der Waals surface area (Å²) in [6.07, 6.45) is 11.6. The van der Waals surface area contributed by atoms with Gasteiger partial charge in [0.05, 0.1) is 12.3 Å². The number of carbonyl (C=O) groups excluding carboxylic acids is 1. The zero-order valence-corrected chi connectivity index (χ0v) is 18.3. The van der Waals surface area contributed by atoms with Crippen molar-refractivity contribution in [2.75, 3.05) is 7.05 Å². The number of aldehydes is 1. The van der Waals surface area contributed by atoms with Crippen molar-refractivity contribution in [2.45, 2.75) is 70.1 Å². The molecule has 166 valence electrons. The summed E-state index contributed by atoms with van der Waals surface area (Å²) in [7, 11) is 2.04. The van der Waals surface area contributed by atoms with E-state index in [2.05, 4.69) is 16.6 Å². The van der Waals surface area contributed by atoms with Crippen molar-refractivity contribution in [1.82, 2.24) is 10.1 Å². The molecular formula is C25H32N2O4. The molecule has 1 unspecified atom stereocenters. The van der Waals surface area contributed by atoms with Crippen LogP contribution in [-0.4, -0.2) is 35.5 Å². The summed E-state index contributed by atoms with van der Waals surface area (Å²) in [5.41, 5.74) is 1.90. The zero-order valence-electron chi connectivity index (χ0n) is 18.3. The summed E-state index contributed by atoms with van der Waals surface area (Å²) in [5, 5.41) is 3.97. The van der Waals surface area contributed by atoms with E-state index < -0.39 is 0 Å². The third-order valence-electron chi connectivity index (χ3n) is 6.61. The molecule has 0 radical (unpaired) electrons. The molecule has 1 aromatic carbocycles. The Balaban J connectivity index is 1.34. The molecule has 0 bridgehead atoms. The highest BCUT2D eigenvalue weighted by atomic mass is 16.5. The lowest BCUT2D eigenvalue weighted by Gasteiger charge is -2.27. The van der Waals surface area contributed by atoms with Crippen molar-refractivity contribution in [3.05, 3.63) is 48.7 Å². The molecule has 0 saturated heterocycles. The van der Waals surface area contributed by atoms with Gasteiger partial charge in [0.1, 0.15) is 12.0 Å². The molecule has 2 aliphatic rings. The van der Waals surface area contributed by atoms with Crippen LogP contribution >= 0.6 is 0 Å². The summed E-state index contributed by atoms with van der Waals surface area (Å²) in [4.78, 5) is 13.2. The Labute approximate surface area is 184 Å². The maximum absolute atomic E-state index is 11.1. The minimum atomic E-state index is 0.109. The number of ether oxygens (including phenoxy) is 2. The molecule has 31 heavy (non-hydrogen) atoms. The Morgan fingerprint density at radius 2 is 1.97 bits per heavy atom. The van der Waals surface area contributed by atoms with Crippen LogP contribution < -0.4 is 4.74 Å². The Kier molecular flexibility index (Phi) is 6.95. The van der Waals surface area contributed by atoms with Crippen LogP contribution in [0.2, 0.25) is 0 Å². The standard InChI is InChI=1S/C25H32N2O4/c1-18(27(2)21-7-3-4-8-21)29-17-25-24(15-26-31-25)20-10-12-22(13-11-20)30-23-9-5-6-19(14-23)16-28/h10-13,15-16,19,21,23H,1,3-9,14,17H2,2H3/t19-,23?/m0/s1. The molecule has 2 aliphatic carbocycles. The maximum Gasteiger partial charge on any atom is 0.182 e. The van der Waals surface area contributed by atoms with Crippen molar-refractivity contribution < 1.29 is 18.8 Å². The van der Waals surface area contributed by atoms with Gasteiger partial charge in [-0.1, -0.05) is 30.1 Å². The maximum atomic E-state index is 11.1. The van der Waals surface area contributed by atoms with E-state index in [1.807, 2.05) is 31.3 Å². The quantitative estimate of drug-likeness (QED) is 0.400. The van der Waals surface area contributed by atoms with Crippen molar-refractivity contribution in [3.8, 4) is 16.9 Å². The first-order valence-electron chi connectivity index (χ1n) is 11.3. The zero-order chi connectivity index (χ0) is 21.6. The summed E-state index contributed by atoms with van der Waals surface area (Å²) < 4.78 is 17.5. The monoisotopic (exact) mass is 424 g/mol. The van der Waals surface area contributed by atoms with E-state index in [9.17, 15) is 4.79 Å². The first-order chi connectivity index (χ1) is 15.1. The first-order valence-corrected chi connectivity index (χ1v) is 11.3. The van der Waals surface area contributed by atoms with Gasteiger partial charge in [-0.3, -0.25) is 0 Å². The summed E-state index contributed by atoms with van der Waals surface area (Å²) in [5.74, 6) is 2.29. The predicted molar refractivity (Wildman–Crippen MR) is 118 cm³/mol. The fourth-order valence-corrected chi connectivity index (χ4v) is 4.67. The average Bonchev–Trinajstić information content (AvgIpc) is 3.50.